The van der Waals surface area contributed by atoms with Gasteiger partial charge in [-0.15, -0.1) is 0 Å². The van der Waals surface area contributed by atoms with Gasteiger partial charge in [0.15, 0.2) is 0 Å². The van der Waals surface area contributed by atoms with Gasteiger partial charge in [0.05, 0.1) is 5.60 Å². The van der Waals surface area contributed by atoms with E-state index in [4.69, 9.17) is 4.74 Å². The van der Waals surface area contributed by atoms with E-state index in [-0.39, 0.29) is 16.9 Å². The third-order valence-electron chi connectivity index (χ3n) is 7.83. The minimum absolute atomic E-state index is 0.0466. The number of fused-ring (bicyclic) bond motifs is 1. The summed E-state index contributed by atoms with van der Waals surface area (Å²) in [5.41, 5.74) is 1.85. The van der Waals surface area contributed by atoms with Crippen LogP contribution in [0.1, 0.15) is 50.2 Å². The molecule has 5 rings (SSSR count). The predicted octanol–water partition coefficient (Wildman–Crippen LogP) is 3.05. The molecule has 1 N–H and O–H groups in total. The zero-order chi connectivity index (χ0) is 18.1. The Bertz CT molecular complexity index is 758. The summed E-state index contributed by atoms with van der Waals surface area (Å²) in [6, 6.07) is 6.11. The molecule has 0 spiro atoms. The predicted molar refractivity (Wildman–Crippen MR) is 99.3 cm³/mol. The number of ketones is 1. The number of carbonyl (C=O) groups is 1. The Hall–Kier alpha value is -1.39. The van der Waals surface area contributed by atoms with Crippen molar-refractivity contribution in [2.75, 3.05) is 20.2 Å². The average molecular weight is 355 g/mol. The number of hydrogen-bond donors (Lipinski definition) is 1. The van der Waals surface area contributed by atoms with Gasteiger partial charge in [-0.3, -0.25) is 9.69 Å². The molecule has 1 aromatic carbocycles. The van der Waals surface area contributed by atoms with Gasteiger partial charge >= 0.3 is 0 Å². The van der Waals surface area contributed by atoms with Gasteiger partial charge in [-0.1, -0.05) is 13.0 Å². The molecule has 4 heteroatoms. The maximum absolute atomic E-state index is 12.8. The van der Waals surface area contributed by atoms with Gasteiger partial charge in [0, 0.05) is 37.5 Å². The fraction of sp³-hybridized carbons (Fsp3) is 0.682. The lowest BCUT2D eigenvalue weighted by Gasteiger charge is -2.65. The molecule has 140 valence electrons. The van der Waals surface area contributed by atoms with Crippen LogP contribution in [-0.4, -0.2) is 47.6 Å². The zero-order valence-corrected chi connectivity index (χ0v) is 15.8. The lowest BCUT2D eigenvalue weighted by atomic mass is 9.48. The van der Waals surface area contributed by atoms with Crippen LogP contribution in [0, 0.1) is 11.8 Å². The van der Waals surface area contributed by atoms with E-state index in [0.29, 0.717) is 24.0 Å². The Morgan fingerprint density at radius 3 is 2.88 bits per heavy atom. The number of phenols is 1. The Kier molecular flexibility index (Phi) is 3.58. The molecule has 0 amide bonds. The third-order valence-corrected chi connectivity index (χ3v) is 7.83. The highest BCUT2D eigenvalue weighted by Crippen LogP contribution is 2.60. The van der Waals surface area contributed by atoms with E-state index in [1.165, 1.54) is 30.5 Å². The zero-order valence-electron chi connectivity index (χ0n) is 15.8. The Morgan fingerprint density at radius 2 is 2.15 bits per heavy atom. The van der Waals surface area contributed by atoms with E-state index in [9.17, 15) is 9.90 Å². The lowest BCUT2D eigenvalue weighted by Crippen LogP contribution is -2.74. The first-order valence-electron chi connectivity index (χ1n) is 10.1. The number of methoxy groups -OCH3 is 1. The second kappa shape index (κ2) is 5.56. The summed E-state index contributed by atoms with van der Waals surface area (Å²) >= 11 is 0. The van der Waals surface area contributed by atoms with Crippen LogP contribution in [0.2, 0.25) is 0 Å². The van der Waals surface area contributed by atoms with Crippen LogP contribution in [0.25, 0.3) is 0 Å². The molecule has 1 heterocycles. The van der Waals surface area contributed by atoms with Crippen LogP contribution in [0.15, 0.2) is 18.2 Å². The number of rotatable bonds is 3. The fourth-order valence-corrected chi connectivity index (χ4v) is 6.34. The van der Waals surface area contributed by atoms with Crippen LogP contribution >= 0.6 is 0 Å². The summed E-state index contributed by atoms with van der Waals surface area (Å²) in [7, 11) is 1.85. The molecule has 0 radical (unpaired) electrons. The molecule has 1 aromatic rings. The standard InChI is InChI=1S/C22H29NO3/c1-14-11-22(26-2)20-9-16-5-6-17(24)10-18(16)21(22,12-19(14)25)7-8-23(20)13-15-3-4-15/h5-6,10,14-15,20,24H,3-4,7-9,11-13H2,1-2H3/t14?,20-,21-,22-/m1/s1. The van der Waals surface area contributed by atoms with Gasteiger partial charge in [0.25, 0.3) is 0 Å². The second-order valence-electron chi connectivity index (χ2n) is 9.17. The number of nitrogens with zero attached hydrogens (tertiary/aromatic N) is 1. The largest absolute Gasteiger partial charge is 0.508 e. The van der Waals surface area contributed by atoms with E-state index >= 15 is 0 Å². The highest BCUT2D eigenvalue weighted by molar-refractivity contribution is 5.84. The number of likely N-dealkylation sites (tertiary alicyclic amines) is 1. The molecular weight excluding hydrogens is 326 g/mol. The SMILES string of the molecule is CO[C@@]12CC(C)C(=O)C[C@@]13CCN(CC1CC1)[C@@H]2Cc1ccc(O)cc13. The number of piperidine rings is 1. The normalized spacial score (nSPS) is 39.4. The van der Waals surface area contributed by atoms with Crippen molar-refractivity contribution in [2.45, 2.75) is 62.5 Å². The van der Waals surface area contributed by atoms with Gasteiger partial charge < -0.3 is 9.84 Å². The number of Topliss-reactive ketones (excluding diaryl/α,β-unsaturated/α-hetero) is 1. The van der Waals surface area contributed by atoms with Crippen molar-refractivity contribution in [3.05, 3.63) is 29.3 Å². The molecule has 2 saturated carbocycles. The van der Waals surface area contributed by atoms with E-state index in [2.05, 4.69) is 17.9 Å². The average Bonchev–Trinajstić information content (AvgIpc) is 3.43. The molecule has 0 aromatic heterocycles. The number of phenolic OH excluding ortho intramolecular Hbond substituents is 1. The molecule has 4 nitrogen and oxygen atoms in total. The van der Waals surface area contributed by atoms with Gasteiger partial charge in [0.1, 0.15) is 11.5 Å². The van der Waals surface area contributed by atoms with Crippen molar-refractivity contribution in [3.63, 3.8) is 0 Å². The number of benzene rings is 1. The summed E-state index contributed by atoms with van der Waals surface area (Å²) in [6.07, 6.45) is 5.95. The second-order valence-corrected chi connectivity index (χ2v) is 9.17. The van der Waals surface area contributed by atoms with Gasteiger partial charge in [-0.05, 0) is 67.8 Å². The van der Waals surface area contributed by atoms with Gasteiger partial charge in [-0.2, -0.15) is 0 Å². The summed E-state index contributed by atoms with van der Waals surface area (Å²) in [6.45, 7) is 4.26. The van der Waals surface area contributed by atoms with Crippen molar-refractivity contribution < 1.29 is 14.6 Å². The smallest absolute Gasteiger partial charge is 0.136 e. The van der Waals surface area contributed by atoms with Crippen molar-refractivity contribution in [1.29, 1.82) is 0 Å². The van der Waals surface area contributed by atoms with Crippen LogP contribution < -0.4 is 0 Å². The molecule has 4 atom stereocenters. The topological polar surface area (TPSA) is 49.8 Å². The van der Waals surface area contributed by atoms with Gasteiger partial charge in [-0.25, -0.2) is 0 Å². The number of carbonyl (C=O) groups excluding carboxylic acids is 1. The monoisotopic (exact) mass is 355 g/mol. The molecule has 1 unspecified atom stereocenters. The number of hydrogen-bond acceptors (Lipinski definition) is 4. The molecule has 1 aliphatic heterocycles. The van der Waals surface area contributed by atoms with E-state index < -0.39 is 0 Å². The maximum Gasteiger partial charge on any atom is 0.136 e. The summed E-state index contributed by atoms with van der Waals surface area (Å²) < 4.78 is 6.41. The Morgan fingerprint density at radius 1 is 1.35 bits per heavy atom. The van der Waals surface area contributed by atoms with Crippen LogP contribution in [-0.2, 0) is 21.4 Å². The minimum Gasteiger partial charge on any atom is -0.508 e. The lowest BCUT2D eigenvalue weighted by molar-refractivity contribution is -0.194. The maximum atomic E-state index is 12.8. The highest BCUT2D eigenvalue weighted by atomic mass is 16.5. The molecule has 2 bridgehead atoms. The van der Waals surface area contributed by atoms with Crippen LogP contribution in [0.4, 0.5) is 0 Å². The molecule has 1 saturated heterocycles. The molecule has 3 aliphatic carbocycles. The van der Waals surface area contributed by atoms with Crippen LogP contribution in [0.5, 0.6) is 5.75 Å². The van der Waals surface area contributed by atoms with E-state index in [1.54, 1.807) is 6.07 Å². The van der Waals surface area contributed by atoms with Crippen molar-refractivity contribution in [2.24, 2.45) is 11.8 Å². The number of aromatic hydroxyl groups is 1. The quantitative estimate of drug-likeness (QED) is 0.905. The fourth-order valence-electron chi connectivity index (χ4n) is 6.34. The van der Waals surface area contributed by atoms with Crippen molar-refractivity contribution in [3.8, 4) is 5.75 Å². The third kappa shape index (κ3) is 2.12. The molecular formula is C22H29NO3. The Balaban J connectivity index is 1.69. The van der Waals surface area contributed by atoms with Crippen molar-refractivity contribution in [1.82, 2.24) is 4.90 Å². The van der Waals surface area contributed by atoms with E-state index in [1.807, 2.05) is 13.2 Å². The number of ether oxygens (including phenoxy) is 1. The summed E-state index contributed by atoms with van der Waals surface area (Å²) in [4.78, 5) is 15.5. The first-order valence-corrected chi connectivity index (χ1v) is 10.1. The Labute approximate surface area is 155 Å². The van der Waals surface area contributed by atoms with Crippen LogP contribution in [0.3, 0.4) is 0 Å². The highest BCUT2D eigenvalue weighted by Gasteiger charge is 2.67. The first kappa shape index (κ1) is 16.8. The van der Waals surface area contributed by atoms with Gasteiger partial charge in [0.2, 0.25) is 0 Å². The first-order chi connectivity index (χ1) is 12.5. The molecule has 4 aliphatic rings. The summed E-state index contributed by atoms with van der Waals surface area (Å²) in [5.74, 6) is 1.54. The minimum atomic E-state index is -0.325. The summed E-state index contributed by atoms with van der Waals surface area (Å²) in [5, 5.41) is 10.2. The molecule has 3 fully saturated rings. The molecule has 26 heavy (non-hydrogen) atoms. The van der Waals surface area contributed by atoms with E-state index in [0.717, 1.165) is 31.7 Å². The van der Waals surface area contributed by atoms with Crippen molar-refractivity contribution >= 4 is 5.78 Å².